The summed E-state index contributed by atoms with van der Waals surface area (Å²) in [5.74, 6) is -0.664. The summed E-state index contributed by atoms with van der Waals surface area (Å²) in [5.41, 5.74) is 8.55. The van der Waals surface area contributed by atoms with E-state index in [1.807, 2.05) is 31.4 Å². The van der Waals surface area contributed by atoms with Crippen molar-refractivity contribution >= 4 is 34.1 Å². The van der Waals surface area contributed by atoms with Crippen LogP contribution in [0.4, 0.5) is 0 Å². The first-order valence-electron chi connectivity index (χ1n) is 6.79. The Bertz CT molecular complexity index is 850. The molecular weight excluding hydrogens is 298 g/mol. The summed E-state index contributed by atoms with van der Waals surface area (Å²) in [6.45, 7) is 4.00. The number of H-pyrrole nitrogens is 1. The van der Waals surface area contributed by atoms with Crippen LogP contribution >= 0.6 is 11.3 Å². The second-order valence-corrected chi connectivity index (χ2v) is 5.97. The summed E-state index contributed by atoms with van der Waals surface area (Å²) < 4.78 is 0. The van der Waals surface area contributed by atoms with E-state index >= 15 is 0 Å². The molecule has 0 bridgehead atoms. The summed E-state index contributed by atoms with van der Waals surface area (Å²) in [6.07, 6.45) is 0. The van der Waals surface area contributed by atoms with Crippen molar-refractivity contribution < 1.29 is 9.59 Å². The van der Waals surface area contributed by atoms with Crippen molar-refractivity contribution in [3.63, 3.8) is 0 Å². The SMILES string of the molecule is Cc1[nH]c2ccc(C(=O)NNC(=O)c3cccs3)cc2c1C. The number of amides is 2. The average Bonchev–Trinajstić information content (AvgIpc) is 3.14. The minimum absolute atomic E-state index is 0.321. The lowest BCUT2D eigenvalue weighted by atomic mass is 10.1. The summed E-state index contributed by atoms with van der Waals surface area (Å²) in [7, 11) is 0. The van der Waals surface area contributed by atoms with Crippen molar-refractivity contribution in [2.45, 2.75) is 13.8 Å². The number of rotatable bonds is 2. The van der Waals surface area contributed by atoms with Crippen LogP contribution in [0.2, 0.25) is 0 Å². The maximum absolute atomic E-state index is 12.1. The van der Waals surface area contributed by atoms with Gasteiger partial charge in [0.05, 0.1) is 4.88 Å². The molecule has 0 spiro atoms. The zero-order valence-corrected chi connectivity index (χ0v) is 13.0. The number of hydrogen-bond acceptors (Lipinski definition) is 3. The predicted molar refractivity (Wildman–Crippen MR) is 87.0 cm³/mol. The maximum Gasteiger partial charge on any atom is 0.279 e. The van der Waals surface area contributed by atoms with Crippen LogP contribution in [0, 0.1) is 13.8 Å². The molecule has 3 rings (SSSR count). The normalized spacial score (nSPS) is 10.6. The summed E-state index contributed by atoms with van der Waals surface area (Å²) in [4.78, 5) is 27.7. The van der Waals surface area contributed by atoms with E-state index in [1.165, 1.54) is 11.3 Å². The fourth-order valence-electron chi connectivity index (χ4n) is 2.26. The number of aryl methyl sites for hydroxylation is 2. The molecule has 0 saturated carbocycles. The molecule has 2 amide bonds. The number of hydrogen-bond donors (Lipinski definition) is 3. The summed E-state index contributed by atoms with van der Waals surface area (Å²) in [5, 5.41) is 2.82. The van der Waals surface area contributed by atoms with Crippen molar-refractivity contribution in [3.05, 3.63) is 57.4 Å². The Morgan fingerprint density at radius 3 is 2.59 bits per heavy atom. The van der Waals surface area contributed by atoms with Crippen LogP contribution in [0.3, 0.4) is 0 Å². The van der Waals surface area contributed by atoms with E-state index in [0.717, 1.165) is 22.2 Å². The standard InChI is InChI=1S/C16H15N3O2S/c1-9-10(2)17-13-6-5-11(8-12(9)13)15(20)18-19-16(21)14-4-3-7-22-14/h3-8,17H,1-2H3,(H,18,20)(H,19,21). The monoisotopic (exact) mass is 313 g/mol. The molecule has 0 aliphatic carbocycles. The second-order valence-electron chi connectivity index (χ2n) is 5.02. The Labute approximate surface area is 131 Å². The lowest BCUT2D eigenvalue weighted by molar-refractivity contribution is 0.0849. The van der Waals surface area contributed by atoms with Crippen LogP contribution in [0.1, 0.15) is 31.3 Å². The van der Waals surface area contributed by atoms with Gasteiger partial charge in [-0.15, -0.1) is 11.3 Å². The molecular formula is C16H15N3O2S. The van der Waals surface area contributed by atoms with Gasteiger partial charge in [0.2, 0.25) is 0 Å². The average molecular weight is 313 g/mol. The molecule has 112 valence electrons. The number of aromatic nitrogens is 1. The molecule has 1 aromatic carbocycles. The van der Waals surface area contributed by atoms with Gasteiger partial charge in [0, 0.05) is 22.2 Å². The molecule has 2 aromatic heterocycles. The highest BCUT2D eigenvalue weighted by Gasteiger charge is 2.12. The first kappa shape index (κ1) is 14.3. The van der Waals surface area contributed by atoms with Gasteiger partial charge < -0.3 is 4.98 Å². The third kappa shape index (κ3) is 2.60. The van der Waals surface area contributed by atoms with E-state index in [2.05, 4.69) is 15.8 Å². The molecule has 2 heterocycles. The number of aromatic amines is 1. The van der Waals surface area contributed by atoms with Crippen molar-refractivity contribution in [3.8, 4) is 0 Å². The molecule has 22 heavy (non-hydrogen) atoms. The number of nitrogens with one attached hydrogen (secondary N) is 3. The quantitative estimate of drug-likeness (QED) is 0.636. The number of carbonyl (C=O) groups is 2. The Morgan fingerprint density at radius 1 is 1.09 bits per heavy atom. The van der Waals surface area contributed by atoms with E-state index in [9.17, 15) is 9.59 Å². The zero-order chi connectivity index (χ0) is 15.7. The lowest BCUT2D eigenvalue weighted by Gasteiger charge is -2.06. The first-order valence-corrected chi connectivity index (χ1v) is 7.67. The van der Waals surface area contributed by atoms with Crippen molar-refractivity contribution in [2.24, 2.45) is 0 Å². The Morgan fingerprint density at radius 2 is 1.86 bits per heavy atom. The Hall–Kier alpha value is -2.60. The Kier molecular flexibility index (Phi) is 3.68. The van der Waals surface area contributed by atoms with Crippen molar-refractivity contribution in [1.29, 1.82) is 0 Å². The molecule has 0 saturated heterocycles. The lowest BCUT2D eigenvalue weighted by Crippen LogP contribution is -2.41. The maximum atomic E-state index is 12.1. The molecule has 0 unspecified atom stereocenters. The molecule has 0 atom stereocenters. The molecule has 0 aliphatic heterocycles. The van der Waals surface area contributed by atoms with Gasteiger partial charge in [-0.05, 0) is 49.1 Å². The number of fused-ring (bicyclic) bond motifs is 1. The minimum Gasteiger partial charge on any atom is -0.358 e. The van der Waals surface area contributed by atoms with Crippen LogP contribution in [-0.2, 0) is 0 Å². The molecule has 3 aromatic rings. The molecule has 0 radical (unpaired) electrons. The van der Waals surface area contributed by atoms with Gasteiger partial charge in [-0.2, -0.15) is 0 Å². The Balaban J connectivity index is 1.75. The highest BCUT2D eigenvalue weighted by atomic mass is 32.1. The molecule has 5 nitrogen and oxygen atoms in total. The highest BCUT2D eigenvalue weighted by molar-refractivity contribution is 7.12. The van der Waals surface area contributed by atoms with E-state index in [-0.39, 0.29) is 11.8 Å². The van der Waals surface area contributed by atoms with Gasteiger partial charge in [0.15, 0.2) is 0 Å². The number of hydrazine groups is 1. The van der Waals surface area contributed by atoms with Crippen LogP contribution in [0.25, 0.3) is 10.9 Å². The molecule has 6 heteroatoms. The largest absolute Gasteiger partial charge is 0.358 e. The topological polar surface area (TPSA) is 74.0 Å². The number of carbonyl (C=O) groups excluding carboxylic acids is 2. The van der Waals surface area contributed by atoms with Gasteiger partial charge >= 0.3 is 0 Å². The number of thiophene rings is 1. The van der Waals surface area contributed by atoms with E-state index in [0.29, 0.717) is 10.4 Å². The van der Waals surface area contributed by atoms with E-state index < -0.39 is 0 Å². The van der Waals surface area contributed by atoms with Crippen LogP contribution in [0.5, 0.6) is 0 Å². The van der Waals surface area contributed by atoms with E-state index in [1.54, 1.807) is 18.2 Å². The van der Waals surface area contributed by atoms with Gasteiger partial charge in [0.25, 0.3) is 11.8 Å². The van der Waals surface area contributed by atoms with Gasteiger partial charge in [-0.1, -0.05) is 6.07 Å². The van der Waals surface area contributed by atoms with Gasteiger partial charge in [-0.3, -0.25) is 20.4 Å². The zero-order valence-electron chi connectivity index (χ0n) is 12.2. The first-order chi connectivity index (χ1) is 10.6. The molecule has 0 aliphatic rings. The van der Waals surface area contributed by atoms with Crippen LogP contribution in [0.15, 0.2) is 35.7 Å². The smallest absolute Gasteiger partial charge is 0.279 e. The number of benzene rings is 1. The van der Waals surface area contributed by atoms with Crippen LogP contribution in [-0.4, -0.2) is 16.8 Å². The molecule has 0 fully saturated rings. The van der Waals surface area contributed by atoms with Gasteiger partial charge in [0.1, 0.15) is 0 Å². The van der Waals surface area contributed by atoms with Crippen LogP contribution < -0.4 is 10.9 Å². The predicted octanol–water partition coefficient (Wildman–Crippen LogP) is 2.92. The van der Waals surface area contributed by atoms with E-state index in [4.69, 9.17) is 0 Å². The third-order valence-corrected chi connectivity index (χ3v) is 4.47. The summed E-state index contributed by atoms with van der Waals surface area (Å²) in [6, 6.07) is 8.90. The fourth-order valence-corrected chi connectivity index (χ4v) is 2.88. The minimum atomic E-state index is -0.343. The fraction of sp³-hybridized carbons (Fsp3) is 0.125. The third-order valence-electron chi connectivity index (χ3n) is 3.60. The second kappa shape index (κ2) is 5.65. The molecule has 3 N–H and O–H groups in total. The van der Waals surface area contributed by atoms with Crippen molar-refractivity contribution in [2.75, 3.05) is 0 Å². The highest BCUT2D eigenvalue weighted by Crippen LogP contribution is 2.22. The van der Waals surface area contributed by atoms with Crippen molar-refractivity contribution in [1.82, 2.24) is 15.8 Å². The summed E-state index contributed by atoms with van der Waals surface area (Å²) >= 11 is 1.32. The van der Waals surface area contributed by atoms with Gasteiger partial charge in [-0.25, -0.2) is 0 Å².